The number of carbonyl (C=O) groups is 4. The van der Waals surface area contributed by atoms with Gasteiger partial charge in [-0.05, 0) is 139 Å². The molecule has 1 aromatic heterocycles. The Morgan fingerprint density at radius 2 is 1.62 bits per heavy atom. The van der Waals surface area contributed by atoms with E-state index in [2.05, 4.69) is 0 Å². The summed E-state index contributed by atoms with van der Waals surface area (Å²) < 4.78 is 71.9. The molecule has 0 bridgehead atoms. The van der Waals surface area contributed by atoms with E-state index in [1.807, 2.05) is 111 Å². The number of benzene rings is 1. The Hall–Kier alpha value is -4.55. The number of pyridine rings is 1. The predicted octanol–water partition coefficient (Wildman–Crippen LogP) is 7.61. The fourth-order valence-electron chi connectivity index (χ4n) is 12.9. The minimum absolute atomic E-state index is 0.173. The van der Waals surface area contributed by atoms with Crippen molar-refractivity contribution in [1.82, 2.24) is 14.4 Å². The van der Waals surface area contributed by atoms with E-state index < -0.39 is 119 Å². The smallest absolute Gasteiger partial charge is 0.477 e. The number of likely N-dealkylation sites (N-methyl/N-ethyl adjacent to an activating group) is 2. The largest absolute Gasteiger partial charge is 0.509 e. The van der Waals surface area contributed by atoms with Crippen molar-refractivity contribution in [3.63, 3.8) is 0 Å². The minimum Gasteiger partial charge on any atom is -0.477 e. The first-order chi connectivity index (χ1) is 38.6. The molecule has 1 aromatic carbocycles. The molecule has 0 saturated carbocycles. The molecule has 2 N–H and O–H groups in total. The molecular weight excluding hydrogens is 1060 g/mol. The van der Waals surface area contributed by atoms with Crippen LogP contribution in [0.1, 0.15) is 144 Å². The number of hydrogen-bond acceptors (Lipinski definition) is 19. The molecule has 0 aliphatic carbocycles. The van der Waals surface area contributed by atoms with E-state index in [1.54, 1.807) is 38.5 Å². The number of carboxylic acid groups (broad SMARTS) is 1. The number of carboxylic acids is 1. The zero-order valence-corrected chi connectivity index (χ0v) is 51.4. The number of aliphatic hydroxyl groups is 1. The fourth-order valence-corrected chi connectivity index (χ4v) is 12.9. The molecular formula is C61H95N3O18. The van der Waals surface area contributed by atoms with Gasteiger partial charge in [-0.15, -0.1) is 0 Å². The van der Waals surface area contributed by atoms with Gasteiger partial charge in [-0.25, -0.2) is 9.59 Å². The molecule has 82 heavy (non-hydrogen) atoms. The summed E-state index contributed by atoms with van der Waals surface area (Å²) in [6.07, 6.45) is -0.396. The van der Waals surface area contributed by atoms with Gasteiger partial charge >= 0.3 is 24.1 Å². The first-order valence-corrected chi connectivity index (χ1v) is 29.4. The van der Waals surface area contributed by atoms with E-state index in [9.17, 15) is 34.2 Å². The first-order valence-electron chi connectivity index (χ1n) is 29.4. The summed E-state index contributed by atoms with van der Waals surface area (Å²) in [5.41, 5.74) is -3.24. The lowest BCUT2D eigenvalue weighted by atomic mass is 9.77. The molecule has 21 heteroatoms. The second kappa shape index (κ2) is 28.6. The van der Waals surface area contributed by atoms with E-state index in [-0.39, 0.29) is 36.5 Å². The van der Waals surface area contributed by atoms with Crippen molar-refractivity contribution in [1.29, 1.82) is 0 Å². The van der Waals surface area contributed by atoms with Gasteiger partial charge in [0.05, 0.1) is 59.7 Å². The van der Waals surface area contributed by atoms with Gasteiger partial charge < -0.3 is 71.8 Å². The van der Waals surface area contributed by atoms with Gasteiger partial charge in [-0.3, -0.25) is 19.3 Å². The topological polar surface area (TPSA) is 239 Å². The third kappa shape index (κ3) is 15.7. The molecule has 4 aliphatic rings. The third-order valence-corrected chi connectivity index (χ3v) is 17.3. The molecule has 0 spiro atoms. The van der Waals surface area contributed by atoms with E-state index in [0.29, 0.717) is 56.7 Å². The maximum Gasteiger partial charge on any atom is 0.509 e. The summed E-state index contributed by atoms with van der Waals surface area (Å²) in [6, 6.07) is 4.73. The van der Waals surface area contributed by atoms with Crippen molar-refractivity contribution in [2.24, 2.45) is 17.8 Å². The summed E-state index contributed by atoms with van der Waals surface area (Å²) >= 11 is 0. The average molecular weight is 1160 g/mol. The summed E-state index contributed by atoms with van der Waals surface area (Å²) in [7, 11) is 7.34. The van der Waals surface area contributed by atoms with Crippen LogP contribution in [0, 0.1) is 17.8 Å². The molecule has 0 radical (unpaired) electrons. The van der Waals surface area contributed by atoms with Gasteiger partial charge in [0, 0.05) is 70.3 Å². The van der Waals surface area contributed by atoms with Gasteiger partial charge in [-0.1, -0.05) is 39.0 Å². The maximum atomic E-state index is 14.9. The molecule has 6 rings (SSSR count). The molecule has 4 saturated heterocycles. The number of esters is 2. The van der Waals surface area contributed by atoms with Gasteiger partial charge in [-0.2, -0.15) is 0 Å². The van der Waals surface area contributed by atoms with E-state index >= 15 is 0 Å². The quantitative estimate of drug-likeness (QED) is 0.0736. The van der Waals surface area contributed by atoms with Crippen LogP contribution >= 0.6 is 0 Å². The number of cyclic esters (lactones) is 1. The number of aromatic nitrogens is 1. The second-order valence-electron chi connectivity index (χ2n) is 24.3. The minimum atomic E-state index is -1.63. The second-order valence-corrected chi connectivity index (χ2v) is 24.3. The molecule has 0 amide bonds. The normalized spacial score (nSPS) is 36.3. The van der Waals surface area contributed by atoms with Crippen molar-refractivity contribution in [2.45, 2.75) is 225 Å². The molecule has 21 nitrogen and oxygen atoms in total. The van der Waals surface area contributed by atoms with Gasteiger partial charge in [0.2, 0.25) is 5.43 Å². The molecule has 5 heterocycles. The molecule has 4 fully saturated rings. The number of fused-ring (bicyclic) bond motifs is 2. The van der Waals surface area contributed by atoms with Crippen molar-refractivity contribution < 1.29 is 81.5 Å². The number of ether oxygens (including phenoxy) is 11. The highest BCUT2D eigenvalue weighted by molar-refractivity contribution is 5.93. The maximum absolute atomic E-state index is 14.9. The van der Waals surface area contributed by atoms with Crippen LogP contribution in [0.5, 0.6) is 0 Å². The van der Waals surface area contributed by atoms with Crippen LogP contribution in [0.25, 0.3) is 17.0 Å². The van der Waals surface area contributed by atoms with Crippen molar-refractivity contribution >= 4 is 41.0 Å². The van der Waals surface area contributed by atoms with Crippen LogP contribution in [0.3, 0.4) is 0 Å². The van der Waals surface area contributed by atoms with Crippen molar-refractivity contribution in [3.8, 4) is 0 Å². The van der Waals surface area contributed by atoms with Gasteiger partial charge in [0.1, 0.15) is 17.8 Å². The van der Waals surface area contributed by atoms with Crippen molar-refractivity contribution in [2.75, 3.05) is 54.6 Å². The average Bonchev–Trinajstić information content (AvgIpc) is 3.81. The summed E-state index contributed by atoms with van der Waals surface area (Å²) in [5.74, 6) is -4.43. The number of nitrogens with zero attached hydrogens (tertiary/aromatic N) is 3. The highest BCUT2D eigenvalue weighted by Gasteiger charge is 2.58. The standard InChI is InChI=1S/C61H95N3O18/c1-17-47-61(12)53(81-58(70)82-61)39(7)63(15)33-35(3)31-59(10,71)52(80-57-51(77-41(9)65)46(62(13)14)29-36(4)75-57)37(5)50(38(6)56(69)78-47)79-48-32-60(11,72-16)54(40(8)76-48)74-28-21-19-20-26-73-27-22-23-42-24-25-45-43(30-42)49(66)44(55(67)68)34-64(45)18-2/h22-25,30,34-40,46-48,50-54,57,71H,17-21,26-29,31-33H2,1-16H3,(H,67,68)/t35-,36-,37+,38-,39-,40+,46+,47-,48+,50+,51-,52-,53-,54+,57+,59-,60-,61-/m1/s1. The lowest BCUT2D eigenvalue weighted by Gasteiger charge is -2.49. The Bertz CT molecular complexity index is 2570. The van der Waals surface area contributed by atoms with Crippen LogP contribution in [0.4, 0.5) is 4.79 Å². The monoisotopic (exact) mass is 1160 g/mol. The number of aromatic carboxylic acids is 1. The number of rotatable bonds is 20. The number of aryl methyl sites for hydroxylation is 1. The highest BCUT2D eigenvalue weighted by Crippen LogP contribution is 2.43. The zero-order valence-electron chi connectivity index (χ0n) is 51.4. The van der Waals surface area contributed by atoms with E-state index in [1.165, 1.54) is 13.1 Å². The van der Waals surface area contributed by atoms with Crippen LogP contribution in [0.15, 0.2) is 35.3 Å². The van der Waals surface area contributed by atoms with Crippen LogP contribution in [-0.2, 0) is 68.2 Å². The van der Waals surface area contributed by atoms with E-state index in [0.717, 1.165) is 24.8 Å². The third-order valence-electron chi connectivity index (χ3n) is 17.3. The lowest BCUT2D eigenvalue weighted by Crippen LogP contribution is -2.61. The predicted molar refractivity (Wildman–Crippen MR) is 305 cm³/mol. The van der Waals surface area contributed by atoms with Crippen LogP contribution < -0.4 is 5.43 Å². The summed E-state index contributed by atoms with van der Waals surface area (Å²) in [5, 5.41) is 22.9. The summed E-state index contributed by atoms with van der Waals surface area (Å²) in [4.78, 5) is 69.3. The molecule has 2 aromatic rings. The summed E-state index contributed by atoms with van der Waals surface area (Å²) in [6.45, 7) is 24.1. The Balaban J connectivity index is 1.18. The van der Waals surface area contributed by atoms with Gasteiger partial charge in [0.25, 0.3) is 0 Å². The lowest BCUT2D eigenvalue weighted by molar-refractivity contribution is -0.321. The number of carbonyl (C=O) groups excluding carboxylic acids is 3. The molecule has 462 valence electrons. The van der Waals surface area contributed by atoms with Crippen LogP contribution in [-0.4, -0.2) is 194 Å². The molecule has 0 unspecified atom stereocenters. The Kier molecular flexibility index (Phi) is 23.2. The number of methoxy groups -OCH3 is 1. The number of unbranched alkanes of at least 4 members (excludes halogenated alkanes) is 2. The first kappa shape index (κ1) is 66.6. The number of hydrogen-bond donors (Lipinski definition) is 2. The Labute approximate surface area is 484 Å². The van der Waals surface area contributed by atoms with Crippen molar-refractivity contribution in [3.05, 3.63) is 51.8 Å². The Morgan fingerprint density at radius 3 is 2.27 bits per heavy atom. The molecule has 4 aliphatic heterocycles. The van der Waals surface area contributed by atoms with Crippen LogP contribution in [0.2, 0.25) is 0 Å². The fraction of sp³-hybridized carbons (Fsp3) is 0.754. The van der Waals surface area contributed by atoms with Gasteiger partial charge in [0.15, 0.2) is 30.4 Å². The zero-order chi connectivity index (χ0) is 60.6. The highest BCUT2D eigenvalue weighted by atomic mass is 16.8. The Morgan fingerprint density at radius 1 is 0.915 bits per heavy atom. The molecule has 18 atom stereocenters. The van der Waals surface area contributed by atoms with E-state index in [4.69, 9.17) is 52.1 Å². The SMILES string of the molecule is CC[C@H]1OC(=O)[C@H](C)[C@@H](O[C@H]2C[C@@](C)(OC)[C@@H](OCCCCCOCC=Cc3ccc4c(c3)c(=O)c(C(=O)O)cn4CC)[C@H](C)O2)[C@H](C)[C@@H](O[C@@H]2O[C@H](C)C[C@H](N(C)C)[C@H]2OC(C)=O)[C@](C)(O)C[C@@H](C)CN(C)[C@H](C)[C@H]2OC(=O)O[C@@]21C.